The first-order valence-electron chi connectivity index (χ1n) is 42.8. The van der Waals surface area contributed by atoms with Crippen LogP contribution in [0.2, 0.25) is 0 Å². The molecule has 18 rings (SSSR count). The number of rotatable bonds is 9. The van der Waals surface area contributed by atoms with Crippen LogP contribution in [0.3, 0.4) is 0 Å². The van der Waals surface area contributed by atoms with Crippen molar-refractivity contribution in [2.24, 2.45) is 0 Å². The Morgan fingerprint density at radius 1 is 0.250 bits per heavy atom. The van der Waals surface area contributed by atoms with E-state index in [1.165, 1.54) is 144 Å². The average Bonchev–Trinajstić information content (AvgIpc) is 1.56. The highest BCUT2D eigenvalue weighted by Crippen LogP contribution is 2.59. The fourth-order valence-electron chi connectivity index (χ4n) is 20.5. The molecule has 0 bridgehead atoms. The zero-order chi connectivity index (χ0) is 82.8. The fourth-order valence-corrected chi connectivity index (χ4v) is 20.5. The van der Waals surface area contributed by atoms with Crippen LogP contribution in [0.15, 0.2) is 215 Å². The van der Waals surface area contributed by atoms with Crippen LogP contribution in [0, 0.1) is 0 Å². The van der Waals surface area contributed by atoms with Crippen LogP contribution in [0.4, 0.5) is 34.1 Å². The van der Waals surface area contributed by atoms with Gasteiger partial charge in [-0.2, -0.15) is 0 Å². The predicted octanol–water partition coefficient (Wildman–Crippen LogP) is 32.0. The smallest absolute Gasteiger partial charge is 0.159 e. The van der Waals surface area contributed by atoms with Crippen molar-refractivity contribution in [3.63, 3.8) is 0 Å². The van der Waals surface area contributed by atoms with E-state index < -0.39 is 0 Å². The molecule has 4 nitrogen and oxygen atoms in total. The van der Waals surface area contributed by atoms with Gasteiger partial charge in [-0.05, 0) is 258 Å². The van der Waals surface area contributed by atoms with Gasteiger partial charge < -0.3 is 18.6 Å². The van der Waals surface area contributed by atoms with Gasteiger partial charge in [-0.25, -0.2) is 0 Å². The van der Waals surface area contributed by atoms with E-state index in [0.717, 1.165) is 73.6 Å². The lowest BCUT2D eigenvalue weighted by Gasteiger charge is -2.31. The summed E-state index contributed by atoms with van der Waals surface area (Å²) in [6.45, 7) is 66.3. The fraction of sp³-hybridized carbons (Fsp3) is 0.357. The Hall–Kier alpha value is -10.2. The van der Waals surface area contributed by atoms with E-state index in [2.05, 4.69) is 410 Å². The van der Waals surface area contributed by atoms with Crippen LogP contribution in [0.5, 0.6) is 0 Å². The maximum absolute atomic E-state index is 7.56. The lowest BCUT2D eigenvalue weighted by Crippen LogP contribution is -2.22. The van der Waals surface area contributed by atoms with E-state index in [4.69, 9.17) is 8.83 Å². The van der Waals surface area contributed by atoms with E-state index in [-0.39, 0.29) is 59.6 Å². The van der Waals surface area contributed by atoms with Gasteiger partial charge in [0.1, 0.15) is 16.7 Å². The first kappa shape index (κ1) is 77.1. The number of benzene rings is 12. The number of anilines is 6. The highest BCUT2D eigenvalue weighted by atomic mass is 16.3. The minimum Gasteiger partial charge on any atom is -0.456 e. The Kier molecular flexibility index (Phi) is 16.6. The quantitative estimate of drug-likeness (QED) is 0.144. The molecule has 0 amide bonds. The first-order valence-corrected chi connectivity index (χ1v) is 42.8. The van der Waals surface area contributed by atoms with Gasteiger partial charge in [0, 0.05) is 82.8 Å². The van der Waals surface area contributed by atoms with Crippen LogP contribution < -0.4 is 9.80 Å². The molecule has 0 saturated heterocycles. The third-order valence-electron chi connectivity index (χ3n) is 27.9. The Morgan fingerprint density at radius 2 is 0.603 bits per heavy atom. The highest BCUT2D eigenvalue weighted by molar-refractivity contribution is 6.13. The summed E-state index contributed by atoms with van der Waals surface area (Å²) in [4.78, 5) is 5.07. The van der Waals surface area contributed by atoms with Crippen molar-refractivity contribution in [1.29, 1.82) is 0 Å². The summed E-state index contributed by atoms with van der Waals surface area (Å²) in [5.74, 6) is 0. The summed E-state index contributed by atoms with van der Waals surface area (Å²) in [5.41, 5.74) is 40.5. The molecule has 0 saturated carbocycles. The van der Waals surface area contributed by atoms with Gasteiger partial charge in [-0.1, -0.05) is 309 Å². The number of hydrogen-bond donors (Lipinski definition) is 0. The lowest BCUT2D eigenvalue weighted by atomic mass is 9.75. The maximum atomic E-state index is 7.56. The number of furan rings is 2. The van der Waals surface area contributed by atoms with Crippen molar-refractivity contribution in [1.82, 2.24) is 0 Å². The molecule has 590 valence electrons. The third kappa shape index (κ3) is 11.9. The van der Waals surface area contributed by atoms with Crippen molar-refractivity contribution in [3.8, 4) is 44.5 Å². The standard InChI is InChI=1S/C112H120N2O2/c1-102(2,3)65-34-41-76-79-43-36-71(59-92(79)111(25,26)89(76)53-65)113(70-40-48-98-83(58-70)84-50-67(103(4,5)6)55-95(99(84)115-98)106(13,14)15)72-37-46-81-82-49-64(33-47-88(82)110(23,24)94(81)60-72)63-108(19,20)66-35-42-77-80-45-39-74(62-93(80)112(27,28)90(77)54-66)114(73-38-44-78-75-31-29-30-32-87(75)109(21,22)91(78)61-73)97-57-69(105(10,11)12)52-86-85-51-68(104(7,8)9)56-96(107(16,17)18)100(85)116-101(86)97/h29-62H,63H2,1-28H3. The lowest BCUT2D eigenvalue weighted by molar-refractivity contribution is 0.520. The molecule has 0 fully saturated rings. The van der Waals surface area contributed by atoms with Crippen LogP contribution >= 0.6 is 0 Å². The minimum absolute atomic E-state index is 0.0355. The van der Waals surface area contributed by atoms with E-state index in [0.29, 0.717) is 0 Å². The monoisotopic (exact) mass is 1520 g/mol. The van der Waals surface area contributed by atoms with Gasteiger partial charge in [0.05, 0.1) is 5.69 Å². The molecular formula is C112H120N2O2. The summed E-state index contributed by atoms with van der Waals surface area (Å²) in [6, 6.07) is 81.7. The molecule has 0 spiro atoms. The van der Waals surface area contributed by atoms with Crippen molar-refractivity contribution < 1.29 is 8.83 Å². The van der Waals surface area contributed by atoms with Gasteiger partial charge >= 0.3 is 0 Å². The van der Waals surface area contributed by atoms with E-state index in [9.17, 15) is 0 Å². The molecule has 4 aliphatic carbocycles. The maximum Gasteiger partial charge on any atom is 0.159 e. The van der Waals surface area contributed by atoms with E-state index in [1.807, 2.05) is 0 Å². The molecule has 0 aliphatic heterocycles. The zero-order valence-corrected chi connectivity index (χ0v) is 74.5. The van der Waals surface area contributed by atoms with Crippen molar-refractivity contribution in [2.45, 2.75) is 260 Å². The normalized spacial score (nSPS) is 15.7. The molecule has 2 aromatic heterocycles. The highest BCUT2D eigenvalue weighted by Gasteiger charge is 2.44. The molecule has 4 heteroatoms. The van der Waals surface area contributed by atoms with E-state index in [1.54, 1.807) is 0 Å². The number of nitrogens with zero attached hydrogens (tertiary/aromatic N) is 2. The molecule has 12 aromatic carbocycles. The Morgan fingerprint density at radius 3 is 1.08 bits per heavy atom. The number of hydrogen-bond acceptors (Lipinski definition) is 4. The molecule has 14 aromatic rings. The van der Waals surface area contributed by atoms with Crippen molar-refractivity contribution in [2.75, 3.05) is 9.80 Å². The van der Waals surface area contributed by atoms with Gasteiger partial charge in [0.2, 0.25) is 0 Å². The van der Waals surface area contributed by atoms with Crippen LogP contribution in [0.1, 0.15) is 283 Å². The Labute approximate surface area is 691 Å². The van der Waals surface area contributed by atoms with E-state index >= 15 is 0 Å². The summed E-state index contributed by atoms with van der Waals surface area (Å²) >= 11 is 0. The molecule has 116 heavy (non-hydrogen) atoms. The average molecular weight is 1530 g/mol. The largest absolute Gasteiger partial charge is 0.456 e. The van der Waals surface area contributed by atoms with Crippen LogP contribution in [0.25, 0.3) is 88.4 Å². The first-order chi connectivity index (χ1) is 54.0. The molecule has 2 heterocycles. The second-order valence-corrected chi connectivity index (χ2v) is 44.2. The summed E-state index contributed by atoms with van der Waals surface area (Å²) in [5, 5.41) is 4.64. The summed E-state index contributed by atoms with van der Waals surface area (Å²) < 4.78 is 14.5. The topological polar surface area (TPSA) is 32.8 Å². The summed E-state index contributed by atoms with van der Waals surface area (Å²) in [6.07, 6.45) is 0.879. The van der Waals surface area contributed by atoms with Gasteiger partial charge in [0.15, 0.2) is 5.58 Å². The Balaban J connectivity index is 0.711. The molecular weight excluding hydrogens is 1410 g/mol. The van der Waals surface area contributed by atoms with Gasteiger partial charge in [-0.15, -0.1) is 0 Å². The predicted molar refractivity (Wildman–Crippen MR) is 496 cm³/mol. The molecule has 0 atom stereocenters. The second-order valence-electron chi connectivity index (χ2n) is 44.2. The van der Waals surface area contributed by atoms with Gasteiger partial charge in [0.25, 0.3) is 0 Å². The van der Waals surface area contributed by atoms with Crippen LogP contribution in [-0.4, -0.2) is 0 Å². The molecule has 0 unspecified atom stereocenters. The zero-order valence-electron chi connectivity index (χ0n) is 74.5. The SMILES string of the molecule is CC(C)(C)c1ccc2c(c1)C(C)(C)c1cc(N(c3ccc4c(c3)C(C)(C)c3ccc(CC(C)(C)c5ccc6c(c5)C(C)(C)c5cc(N(c7ccc8c(c7)C(C)(C)c7ccccc7-8)c7cc(C(C)(C)C)cc8c7oc7c(C(C)(C)C)cc(C(C)(C)C)cc78)ccc5-6)cc3-4)c3ccc4oc5c(C(C)(C)C)cc(C(C)(C)C)cc5c4c3)ccc1-2. The minimum atomic E-state index is -0.323. The number of fused-ring (bicyclic) bond motifs is 18. The van der Waals surface area contributed by atoms with Crippen LogP contribution in [-0.2, 0) is 66.0 Å². The van der Waals surface area contributed by atoms with Gasteiger partial charge in [-0.3, -0.25) is 0 Å². The molecule has 0 radical (unpaired) electrons. The molecule has 0 N–H and O–H groups in total. The second kappa shape index (κ2) is 25.0. The Bertz CT molecular complexity index is 6510. The molecule has 4 aliphatic rings. The summed E-state index contributed by atoms with van der Waals surface area (Å²) in [7, 11) is 0. The van der Waals surface area contributed by atoms with Crippen molar-refractivity contribution in [3.05, 3.63) is 295 Å². The van der Waals surface area contributed by atoms with Crippen molar-refractivity contribution >= 4 is 78.0 Å². The third-order valence-corrected chi connectivity index (χ3v) is 27.9.